The quantitative estimate of drug-likeness (QED) is 0.833. The number of ether oxygens (including phenoxy) is 2. The summed E-state index contributed by atoms with van der Waals surface area (Å²) in [6.07, 6.45) is 8.11. The number of hydrogen-bond donors (Lipinski definition) is 2. The summed E-state index contributed by atoms with van der Waals surface area (Å²) in [5, 5.41) is 13.6. The fraction of sp³-hybridized carbons (Fsp3) is 0.647. The lowest BCUT2D eigenvalue weighted by molar-refractivity contribution is 0.174. The van der Waals surface area contributed by atoms with E-state index >= 15 is 0 Å². The number of hydrogen-bond acceptors (Lipinski definition) is 4. The van der Waals surface area contributed by atoms with Gasteiger partial charge in [0, 0.05) is 24.2 Å². The van der Waals surface area contributed by atoms with Crippen LogP contribution in [-0.4, -0.2) is 17.9 Å². The molecule has 1 aliphatic heterocycles. The first-order chi connectivity index (χ1) is 10.2. The van der Waals surface area contributed by atoms with Crippen LogP contribution in [0.4, 0.5) is 0 Å². The first-order valence-electron chi connectivity index (χ1n) is 8.09. The van der Waals surface area contributed by atoms with E-state index in [4.69, 9.17) is 9.47 Å². The van der Waals surface area contributed by atoms with Gasteiger partial charge in [0.15, 0.2) is 11.5 Å². The number of rotatable bonds is 4. The van der Waals surface area contributed by atoms with E-state index in [-0.39, 0.29) is 12.5 Å². The summed E-state index contributed by atoms with van der Waals surface area (Å²) in [6.45, 7) is 3.17. The topological polar surface area (TPSA) is 50.7 Å². The van der Waals surface area contributed by atoms with Crippen LogP contribution in [0.5, 0.6) is 17.2 Å². The molecule has 3 rings (SSSR count). The Morgan fingerprint density at radius 3 is 2.52 bits per heavy atom. The van der Waals surface area contributed by atoms with Crippen molar-refractivity contribution < 1.29 is 14.6 Å². The minimum atomic E-state index is 0.240. The highest BCUT2D eigenvalue weighted by atomic mass is 16.7. The Morgan fingerprint density at radius 2 is 1.81 bits per heavy atom. The van der Waals surface area contributed by atoms with Gasteiger partial charge in [-0.05, 0) is 31.7 Å². The third-order valence-corrected chi connectivity index (χ3v) is 4.80. The van der Waals surface area contributed by atoms with Crippen molar-refractivity contribution in [2.24, 2.45) is 5.92 Å². The molecule has 21 heavy (non-hydrogen) atoms. The lowest BCUT2D eigenvalue weighted by Crippen LogP contribution is -2.32. The van der Waals surface area contributed by atoms with Crippen LogP contribution in [0, 0.1) is 5.92 Å². The van der Waals surface area contributed by atoms with Crippen LogP contribution in [0.2, 0.25) is 0 Å². The Balaban J connectivity index is 1.59. The molecule has 116 valence electrons. The van der Waals surface area contributed by atoms with Gasteiger partial charge in [-0.3, -0.25) is 0 Å². The molecule has 1 fully saturated rings. The number of fused-ring (bicyclic) bond motifs is 1. The molecule has 0 bridgehead atoms. The molecule has 2 N–H and O–H groups in total. The first kappa shape index (κ1) is 14.5. The summed E-state index contributed by atoms with van der Waals surface area (Å²) < 4.78 is 10.6. The van der Waals surface area contributed by atoms with Crippen LogP contribution in [-0.2, 0) is 6.54 Å². The van der Waals surface area contributed by atoms with E-state index in [1.165, 1.54) is 38.5 Å². The number of benzene rings is 1. The van der Waals surface area contributed by atoms with Crippen LogP contribution in [0.25, 0.3) is 0 Å². The highest BCUT2D eigenvalue weighted by Gasteiger charge is 2.20. The number of nitrogens with one attached hydrogen (secondary N) is 1. The van der Waals surface area contributed by atoms with Gasteiger partial charge >= 0.3 is 0 Å². The van der Waals surface area contributed by atoms with Crippen molar-refractivity contribution in [3.63, 3.8) is 0 Å². The molecule has 1 aromatic rings. The summed E-state index contributed by atoms with van der Waals surface area (Å²) in [6, 6.07) is 4.01. The molecule has 1 aromatic carbocycles. The molecule has 0 unspecified atom stereocenters. The SMILES string of the molecule is C[C@H](NCc1cc2c(cc1O)OCO2)C1CCCCCC1. The van der Waals surface area contributed by atoms with E-state index in [2.05, 4.69) is 12.2 Å². The van der Waals surface area contributed by atoms with Gasteiger partial charge in [0.25, 0.3) is 0 Å². The van der Waals surface area contributed by atoms with Crippen LogP contribution in [0.3, 0.4) is 0 Å². The zero-order valence-corrected chi connectivity index (χ0v) is 12.7. The van der Waals surface area contributed by atoms with E-state index in [0.717, 1.165) is 17.2 Å². The van der Waals surface area contributed by atoms with Crippen molar-refractivity contribution in [1.82, 2.24) is 5.32 Å². The van der Waals surface area contributed by atoms with Gasteiger partial charge in [-0.1, -0.05) is 25.7 Å². The zero-order chi connectivity index (χ0) is 14.7. The molecule has 4 nitrogen and oxygen atoms in total. The third kappa shape index (κ3) is 3.43. The first-order valence-corrected chi connectivity index (χ1v) is 8.09. The van der Waals surface area contributed by atoms with Crippen molar-refractivity contribution in [3.05, 3.63) is 17.7 Å². The summed E-state index contributed by atoms with van der Waals surface area (Å²) in [7, 11) is 0. The second kappa shape index (κ2) is 6.56. The van der Waals surface area contributed by atoms with Gasteiger partial charge < -0.3 is 19.9 Å². The van der Waals surface area contributed by atoms with Crippen molar-refractivity contribution in [1.29, 1.82) is 0 Å². The Kier molecular flexibility index (Phi) is 4.54. The summed E-state index contributed by atoms with van der Waals surface area (Å²) in [5.41, 5.74) is 0.875. The van der Waals surface area contributed by atoms with Crippen molar-refractivity contribution in [3.8, 4) is 17.2 Å². The number of phenolic OH excluding ortho intramolecular Hbond substituents is 1. The van der Waals surface area contributed by atoms with Gasteiger partial charge in [-0.2, -0.15) is 0 Å². The molecule has 2 aliphatic rings. The summed E-state index contributed by atoms with van der Waals surface area (Å²) in [4.78, 5) is 0. The van der Waals surface area contributed by atoms with E-state index in [9.17, 15) is 5.11 Å². The van der Waals surface area contributed by atoms with Crippen molar-refractivity contribution in [2.75, 3.05) is 6.79 Å². The highest BCUT2D eigenvalue weighted by Crippen LogP contribution is 2.37. The fourth-order valence-corrected chi connectivity index (χ4v) is 3.36. The third-order valence-electron chi connectivity index (χ3n) is 4.80. The monoisotopic (exact) mass is 291 g/mol. The fourth-order valence-electron chi connectivity index (χ4n) is 3.36. The molecule has 0 saturated heterocycles. The van der Waals surface area contributed by atoms with Crippen molar-refractivity contribution >= 4 is 0 Å². The largest absolute Gasteiger partial charge is 0.507 e. The zero-order valence-electron chi connectivity index (χ0n) is 12.7. The normalized spacial score (nSPS) is 20.2. The van der Waals surface area contributed by atoms with E-state index in [0.29, 0.717) is 18.3 Å². The minimum absolute atomic E-state index is 0.240. The summed E-state index contributed by atoms with van der Waals surface area (Å²) in [5.74, 6) is 2.39. The van der Waals surface area contributed by atoms with Gasteiger partial charge in [-0.15, -0.1) is 0 Å². The minimum Gasteiger partial charge on any atom is -0.507 e. The molecule has 1 heterocycles. The number of aromatic hydroxyl groups is 1. The second-order valence-corrected chi connectivity index (χ2v) is 6.26. The van der Waals surface area contributed by atoms with Gasteiger partial charge in [0.05, 0.1) is 0 Å². The molecule has 0 radical (unpaired) electrons. The molecular formula is C17H25NO3. The lowest BCUT2D eigenvalue weighted by atomic mass is 9.93. The number of phenols is 1. The maximum atomic E-state index is 10.1. The van der Waals surface area contributed by atoms with Crippen LogP contribution in [0.15, 0.2) is 12.1 Å². The smallest absolute Gasteiger partial charge is 0.231 e. The maximum Gasteiger partial charge on any atom is 0.231 e. The van der Waals surface area contributed by atoms with Gasteiger partial charge in [0.1, 0.15) is 5.75 Å². The second-order valence-electron chi connectivity index (χ2n) is 6.26. The van der Waals surface area contributed by atoms with Crippen LogP contribution < -0.4 is 14.8 Å². The van der Waals surface area contributed by atoms with E-state index in [1.807, 2.05) is 6.07 Å². The molecule has 0 spiro atoms. The summed E-state index contributed by atoms with van der Waals surface area (Å²) >= 11 is 0. The molecule has 0 amide bonds. The average molecular weight is 291 g/mol. The highest BCUT2D eigenvalue weighted by molar-refractivity contribution is 5.51. The molecule has 4 heteroatoms. The average Bonchev–Trinajstić information content (AvgIpc) is 2.75. The molecule has 1 atom stereocenters. The lowest BCUT2D eigenvalue weighted by Gasteiger charge is -2.24. The molecule has 0 aromatic heterocycles. The Hall–Kier alpha value is -1.42. The Morgan fingerprint density at radius 1 is 1.14 bits per heavy atom. The molecular weight excluding hydrogens is 266 g/mol. The van der Waals surface area contributed by atoms with E-state index < -0.39 is 0 Å². The predicted octanol–water partition coefficient (Wildman–Crippen LogP) is 3.57. The van der Waals surface area contributed by atoms with Crippen LogP contribution >= 0.6 is 0 Å². The Labute approximate surface area is 126 Å². The van der Waals surface area contributed by atoms with Crippen LogP contribution in [0.1, 0.15) is 51.0 Å². The van der Waals surface area contributed by atoms with Crippen molar-refractivity contribution in [2.45, 2.75) is 58.0 Å². The standard InChI is InChI=1S/C17H25NO3/c1-12(13-6-4-2-3-5-7-13)18-10-14-8-16-17(9-15(14)19)21-11-20-16/h8-9,12-13,18-19H,2-7,10-11H2,1H3/t12-/m0/s1. The van der Waals surface area contributed by atoms with Gasteiger partial charge in [-0.25, -0.2) is 0 Å². The predicted molar refractivity (Wildman–Crippen MR) is 81.7 cm³/mol. The molecule has 1 aliphatic carbocycles. The van der Waals surface area contributed by atoms with Gasteiger partial charge in [0.2, 0.25) is 6.79 Å². The Bertz CT molecular complexity index is 481. The van der Waals surface area contributed by atoms with E-state index in [1.54, 1.807) is 6.07 Å². The molecule has 1 saturated carbocycles. The maximum absolute atomic E-state index is 10.1.